The van der Waals surface area contributed by atoms with Gasteiger partial charge in [-0.05, 0) is 38.4 Å². The Morgan fingerprint density at radius 2 is 2.21 bits per heavy atom. The monoisotopic (exact) mass is 262 g/mol. The number of anilines is 1. The van der Waals surface area contributed by atoms with E-state index in [1.54, 1.807) is 0 Å². The summed E-state index contributed by atoms with van der Waals surface area (Å²) in [4.78, 5) is 2.39. The number of hydrogen-bond donors (Lipinski definition) is 1. The standard InChI is InChI=1S/C16H26N2O/c1-5-17-11-14-10-12(2)6-7-16(14)18(4)15-8-9-19-13(15)3/h6-7,10,13,15,17H,5,8-9,11H2,1-4H3. The maximum atomic E-state index is 5.70. The van der Waals surface area contributed by atoms with Crippen LogP contribution in [0.5, 0.6) is 0 Å². The first-order valence-corrected chi connectivity index (χ1v) is 7.28. The van der Waals surface area contributed by atoms with Gasteiger partial charge in [0.1, 0.15) is 0 Å². The number of hydrogen-bond acceptors (Lipinski definition) is 3. The molecule has 1 aromatic rings. The summed E-state index contributed by atoms with van der Waals surface area (Å²) in [5.74, 6) is 0. The molecule has 1 aromatic carbocycles. The van der Waals surface area contributed by atoms with Gasteiger partial charge < -0.3 is 15.0 Å². The van der Waals surface area contributed by atoms with Crippen LogP contribution >= 0.6 is 0 Å². The van der Waals surface area contributed by atoms with Crippen LogP contribution in [-0.4, -0.2) is 32.3 Å². The van der Waals surface area contributed by atoms with Crippen molar-refractivity contribution < 1.29 is 4.74 Å². The van der Waals surface area contributed by atoms with Gasteiger partial charge in [-0.1, -0.05) is 24.6 Å². The van der Waals surface area contributed by atoms with Crippen LogP contribution in [0.25, 0.3) is 0 Å². The molecule has 0 radical (unpaired) electrons. The third-order valence-electron chi connectivity index (χ3n) is 4.01. The van der Waals surface area contributed by atoms with Crippen molar-refractivity contribution in [1.82, 2.24) is 5.32 Å². The van der Waals surface area contributed by atoms with E-state index in [1.165, 1.54) is 16.8 Å². The third-order valence-corrected chi connectivity index (χ3v) is 4.01. The summed E-state index contributed by atoms with van der Waals surface area (Å²) in [7, 11) is 2.19. The number of benzene rings is 1. The molecule has 1 heterocycles. The largest absolute Gasteiger partial charge is 0.376 e. The number of ether oxygens (including phenoxy) is 1. The highest BCUT2D eigenvalue weighted by Crippen LogP contribution is 2.28. The summed E-state index contributed by atoms with van der Waals surface area (Å²) in [5.41, 5.74) is 4.03. The summed E-state index contributed by atoms with van der Waals surface area (Å²) >= 11 is 0. The molecule has 1 saturated heterocycles. The summed E-state index contributed by atoms with van der Waals surface area (Å²) in [6.45, 7) is 9.28. The molecule has 2 atom stereocenters. The van der Waals surface area contributed by atoms with Crippen LogP contribution < -0.4 is 10.2 Å². The first kappa shape index (κ1) is 14.4. The highest BCUT2D eigenvalue weighted by molar-refractivity contribution is 5.55. The minimum atomic E-state index is 0.318. The predicted molar refractivity (Wildman–Crippen MR) is 80.8 cm³/mol. The molecule has 2 unspecified atom stereocenters. The van der Waals surface area contributed by atoms with Crippen molar-refractivity contribution in [3.05, 3.63) is 29.3 Å². The fourth-order valence-electron chi connectivity index (χ4n) is 2.87. The molecule has 0 amide bonds. The van der Waals surface area contributed by atoms with E-state index in [1.807, 2.05) is 0 Å². The quantitative estimate of drug-likeness (QED) is 0.883. The van der Waals surface area contributed by atoms with Crippen molar-refractivity contribution in [2.75, 3.05) is 25.1 Å². The van der Waals surface area contributed by atoms with Crippen LogP contribution in [0.4, 0.5) is 5.69 Å². The number of nitrogens with zero attached hydrogens (tertiary/aromatic N) is 1. The van der Waals surface area contributed by atoms with E-state index >= 15 is 0 Å². The number of nitrogens with one attached hydrogen (secondary N) is 1. The van der Waals surface area contributed by atoms with E-state index in [4.69, 9.17) is 4.74 Å². The Morgan fingerprint density at radius 1 is 1.42 bits per heavy atom. The van der Waals surface area contributed by atoms with Gasteiger partial charge in [-0.15, -0.1) is 0 Å². The fraction of sp³-hybridized carbons (Fsp3) is 0.625. The highest BCUT2D eigenvalue weighted by atomic mass is 16.5. The second-order valence-electron chi connectivity index (χ2n) is 5.46. The average Bonchev–Trinajstić information content (AvgIpc) is 2.82. The predicted octanol–water partition coefficient (Wildman–Crippen LogP) is 2.72. The fourth-order valence-corrected chi connectivity index (χ4v) is 2.87. The normalized spacial score (nSPS) is 22.7. The first-order valence-electron chi connectivity index (χ1n) is 7.28. The van der Waals surface area contributed by atoms with Crippen molar-refractivity contribution in [3.8, 4) is 0 Å². The van der Waals surface area contributed by atoms with E-state index < -0.39 is 0 Å². The van der Waals surface area contributed by atoms with Gasteiger partial charge in [-0.3, -0.25) is 0 Å². The van der Waals surface area contributed by atoms with Gasteiger partial charge in [-0.25, -0.2) is 0 Å². The molecule has 0 aliphatic carbocycles. The Kier molecular flexibility index (Phi) is 4.83. The van der Waals surface area contributed by atoms with Gasteiger partial charge >= 0.3 is 0 Å². The maximum Gasteiger partial charge on any atom is 0.0750 e. The molecule has 3 heteroatoms. The molecule has 0 bridgehead atoms. The molecule has 106 valence electrons. The molecular formula is C16H26N2O. The molecule has 1 N–H and O–H groups in total. The Bertz CT molecular complexity index is 419. The van der Waals surface area contributed by atoms with Crippen molar-refractivity contribution in [2.45, 2.75) is 45.9 Å². The van der Waals surface area contributed by atoms with Crippen LogP contribution in [0.2, 0.25) is 0 Å². The first-order chi connectivity index (χ1) is 9.13. The second kappa shape index (κ2) is 6.40. The average molecular weight is 262 g/mol. The maximum absolute atomic E-state index is 5.70. The number of likely N-dealkylation sites (N-methyl/N-ethyl adjacent to an activating group) is 1. The molecule has 3 nitrogen and oxygen atoms in total. The minimum absolute atomic E-state index is 0.318. The summed E-state index contributed by atoms with van der Waals surface area (Å²) in [6.07, 6.45) is 1.44. The Morgan fingerprint density at radius 3 is 2.84 bits per heavy atom. The molecular weight excluding hydrogens is 236 g/mol. The topological polar surface area (TPSA) is 24.5 Å². The van der Waals surface area contributed by atoms with Crippen molar-refractivity contribution in [2.24, 2.45) is 0 Å². The Hall–Kier alpha value is -1.06. The van der Waals surface area contributed by atoms with E-state index in [2.05, 4.69) is 56.2 Å². The van der Waals surface area contributed by atoms with Crippen molar-refractivity contribution in [3.63, 3.8) is 0 Å². The van der Waals surface area contributed by atoms with E-state index in [-0.39, 0.29) is 0 Å². The molecule has 0 saturated carbocycles. The number of aryl methyl sites for hydroxylation is 1. The van der Waals surface area contributed by atoms with Gasteiger partial charge in [-0.2, -0.15) is 0 Å². The summed E-state index contributed by atoms with van der Waals surface area (Å²) in [6, 6.07) is 7.21. The smallest absolute Gasteiger partial charge is 0.0750 e. The Balaban J connectivity index is 2.22. The van der Waals surface area contributed by atoms with E-state index in [0.717, 1.165) is 26.1 Å². The molecule has 1 fully saturated rings. The second-order valence-corrected chi connectivity index (χ2v) is 5.46. The van der Waals surface area contributed by atoms with Gasteiger partial charge in [0.05, 0.1) is 12.1 Å². The lowest BCUT2D eigenvalue weighted by Gasteiger charge is -2.31. The zero-order chi connectivity index (χ0) is 13.8. The van der Waals surface area contributed by atoms with Crippen LogP contribution in [0, 0.1) is 6.92 Å². The molecule has 19 heavy (non-hydrogen) atoms. The SMILES string of the molecule is CCNCc1cc(C)ccc1N(C)C1CCOC1C. The zero-order valence-electron chi connectivity index (χ0n) is 12.6. The number of rotatable bonds is 5. The zero-order valence-corrected chi connectivity index (χ0v) is 12.6. The third kappa shape index (κ3) is 3.28. The molecule has 1 aliphatic heterocycles. The van der Waals surface area contributed by atoms with E-state index in [0.29, 0.717) is 12.1 Å². The minimum Gasteiger partial charge on any atom is -0.376 e. The molecule has 0 spiro atoms. The van der Waals surface area contributed by atoms with Gasteiger partial charge in [0.25, 0.3) is 0 Å². The van der Waals surface area contributed by atoms with Gasteiger partial charge in [0.15, 0.2) is 0 Å². The van der Waals surface area contributed by atoms with E-state index in [9.17, 15) is 0 Å². The van der Waals surface area contributed by atoms with Gasteiger partial charge in [0, 0.05) is 25.9 Å². The van der Waals surface area contributed by atoms with Crippen LogP contribution in [-0.2, 0) is 11.3 Å². The van der Waals surface area contributed by atoms with Crippen molar-refractivity contribution in [1.29, 1.82) is 0 Å². The highest BCUT2D eigenvalue weighted by Gasteiger charge is 2.28. The van der Waals surface area contributed by atoms with Crippen LogP contribution in [0.1, 0.15) is 31.4 Å². The lowest BCUT2D eigenvalue weighted by Crippen LogP contribution is -2.37. The molecule has 1 aliphatic rings. The van der Waals surface area contributed by atoms with Crippen LogP contribution in [0.3, 0.4) is 0 Å². The summed E-state index contributed by atoms with van der Waals surface area (Å²) in [5, 5.41) is 3.43. The van der Waals surface area contributed by atoms with Crippen molar-refractivity contribution >= 4 is 5.69 Å². The lowest BCUT2D eigenvalue weighted by atomic mass is 10.0. The lowest BCUT2D eigenvalue weighted by molar-refractivity contribution is 0.118. The molecule has 0 aromatic heterocycles. The van der Waals surface area contributed by atoms with Crippen LogP contribution in [0.15, 0.2) is 18.2 Å². The Labute approximate surface area is 116 Å². The molecule has 2 rings (SSSR count). The van der Waals surface area contributed by atoms with Gasteiger partial charge in [0.2, 0.25) is 0 Å². The summed E-state index contributed by atoms with van der Waals surface area (Å²) < 4.78 is 5.70.